The van der Waals surface area contributed by atoms with E-state index in [0.29, 0.717) is 5.75 Å². The highest BCUT2D eigenvalue weighted by Crippen LogP contribution is 2.21. The highest BCUT2D eigenvalue weighted by molar-refractivity contribution is 7.84. The molecule has 0 radical (unpaired) electrons. The Morgan fingerprint density at radius 3 is 2.50 bits per heavy atom. The molecular formula is C14H26N4OS. The summed E-state index contributed by atoms with van der Waals surface area (Å²) in [4.78, 5) is 9.11. The van der Waals surface area contributed by atoms with Crippen molar-refractivity contribution in [2.75, 3.05) is 29.7 Å². The zero-order valence-corrected chi connectivity index (χ0v) is 13.9. The van der Waals surface area contributed by atoms with Gasteiger partial charge in [-0.1, -0.05) is 6.92 Å². The van der Waals surface area contributed by atoms with Gasteiger partial charge < -0.3 is 10.6 Å². The standard InChI is InChI=1S/C14H26N4OS/c1-6-7-12-17-13(15-4)11(3)14(18-12)16-10(2)8-9-20(5)19/h10H,6-9H2,1-5H3,(H2,15,16,17,18). The van der Waals surface area contributed by atoms with Crippen LogP contribution in [0.25, 0.3) is 0 Å². The summed E-state index contributed by atoms with van der Waals surface area (Å²) in [5, 5.41) is 6.53. The van der Waals surface area contributed by atoms with Gasteiger partial charge in [0.15, 0.2) is 0 Å². The van der Waals surface area contributed by atoms with Crippen molar-refractivity contribution in [1.29, 1.82) is 0 Å². The van der Waals surface area contributed by atoms with Crippen LogP contribution in [-0.4, -0.2) is 39.3 Å². The second-order valence-corrected chi connectivity index (χ2v) is 6.63. The summed E-state index contributed by atoms with van der Waals surface area (Å²) in [6.45, 7) is 6.22. The Balaban J connectivity index is 2.86. The second kappa shape index (κ2) is 8.19. The third-order valence-electron chi connectivity index (χ3n) is 3.12. The third-order valence-corrected chi connectivity index (χ3v) is 3.93. The summed E-state index contributed by atoms with van der Waals surface area (Å²) in [6.07, 6.45) is 4.50. The summed E-state index contributed by atoms with van der Waals surface area (Å²) >= 11 is 0. The topological polar surface area (TPSA) is 66.9 Å². The zero-order chi connectivity index (χ0) is 15.1. The Morgan fingerprint density at radius 2 is 1.95 bits per heavy atom. The van der Waals surface area contributed by atoms with Crippen LogP contribution in [0.3, 0.4) is 0 Å². The van der Waals surface area contributed by atoms with E-state index < -0.39 is 10.8 Å². The Bertz CT molecular complexity index is 465. The molecule has 0 amide bonds. The number of anilines is 2. The molecule has 2 N–H and O–H groups in total. The van der Waals surface area contributed by atoms with Gasteiger partial charge in [-0.2, -0.15) is 0 Å². The summed E-state index contributed by atoms with van der Waals surface area (Å²) in [7, 11) is 1.13. The van der Waals surface area contributed by atoms with Crippen LogP contribution >= 0.6 is 0 Å². The molecule has 1 heterocycles. The average Bonchev–Trinajstić information content (AvgIpc) is 2.40. The van der Waals surface area contributed by atoms with E-state index in [9.17, 15) is 4.21 Å². The quantitative estimate of drug-likeness (QED) is 0.771. The maximum absolute atomic E-state index is 11.2. The van der Waals surface area contributed by atoms with E-state index >= 15 is 0 Å². The highest BCUT2D eigenvalue weighted by atomic mass is 32.2. The summed E-state index contributed by atoms with van der Waals surface area (Å²) in [5.74, 6) is 3.31. The third kappa shape index (κ3) is 5.07. The van der Waals surface area contributed by atoms with Crippen molar-refractivity contribution in [3.63, 3.8) is 0 Å². The maximum Gasteiger partial charge on any atom is 0.134 e. The van der Waals surface area contributed by atoms with Crippen LogP contribution in [0, 0.1) is 6.92 Å². The molecular weight excluding hydrogens is 272 g/mol. The molecule has 6 heteroatoms. The number of nitrogens with one attached hydrogen (secondary N) is 2. The van der Waals surface area contributed by atoms with Crippen LogP contribution in [-0.2, 0) is 17.2 Å². The second-order valence-electron chi connectivity index (χ2n) is 5.07. The van der Waals surface area contributed by atoms with Gasteiger partial charge in [-0.15, -0.1) is 0 Å². The number of hydrogen-bond acceptors (Lipinski definition) is 5. The van der Waals surface area contributed by atoms with Crippen molar-refractivity contribution in [2.24, 2.45) is 0 Å². The van der Waals surface area contributed by atoms with Gasteiger partial charge in [0.25, 0.3) is 0 Å². The first-order chi connectivity index (χ1) is 9.47. The van der Waals surface area contributed by atoms with Crippen LogP contribution in [0.4, 0.5) is 11.6 Å². The lowest BCUT2D eigenvalue weighted by atomic mass is 10.2. The summed E-state index contributed by atoms with van der Waals surface area (Å²) in [5.41, 5.74) is 1.02. The van der Waals surface area contributed by atoms with Crippen LogP contribution in [0.15, 0.2) is 0 Å². The van der Waals surface area contributed by atoms with Crippen LogP contribution < -0.4 is 10.6 Å². The summed E-state index contributed by atoms with van der Waals surface area (Å²) in [6, 6.07) is 0.242. The molecule has 2 atom stereocenters. The minimum atomic E-state index is -0.748. The van der Waals surface area contributed by atoms with Gasteiger partial charge in [-0.05, 0) is 26.7 Å². The monoisotopic (exact) mass is 298 g/mol. The van der Waals surface area contributed by atoms with Crippen LogP contribution in [0.5, 0.6) is 0 Å². The molecule has 0 bridgehead atoms. The molecule has 0 saturated carbocycles. The molecule has 0 saturated heterocycles. The van der Waals surface area contributed by atoms with Gasteiger partial charge in [0.2, 0.25) is 0 Å². The Labute approximate surface area is 124 Å². The van der Waals surface area contributed by atoms with Gasteiger partial charge in [0.1, 0.15) is 17.5 Å². The minimum absolute atomic E-state index is 0.242. The number of aryl methyl sites for hydroxylation is 1. The molecule has 1 aromatic heterocycles. The lowest BCUT2D eigenvalue weighted by Gasteiger charge is -2.18. The largest absolute Gasteiger partial charge is 0.373 e. The fraction of sp³-hybridized carbons (Fsp3) is 0.714. The van der Waals surface area contributed by atoms with Gasteiger partial charge >= 0.3 is 0 Å². The van der Waals surface area contributed by atoms with Crippen molar-refractivity contribution < 1.29 is 4.21 Å². The average molecular weight is 298 g/mol. The fourth-order valence-corrected chi connectivity index (χ4v) is 2.62. The van der Waals surface area contributed by atoms with E-state index in [2.05, 4.69) is 34.4 Å². The van der Waals surface area contributed by atoms with Crippen molar-refractivity contribution in [3.05, 3.63) is 11.4 Å². The van der Waals surface area contributed by atoms with E-state index in [4.69, 9.17) is 0 Å². The number of aromatic nitrogens is 2. The maximum atomic E-state index is 11.2. The highest BCUT2D eigenvalue weighted by Gasteiger charge is 2.12. The fourth-order valence-electron chi connectivity index (χ4n) is 1.93. The molecule has 114 valence electrons. The molecule has 0 aliphatic heterocycles. The van der Waals surface area contributed by atoms with Crippen molar-refractivity contribution in [1.82, 2.24) is 9.97 Å². The first-order valence-corrected chi connectivity index (χ1v) is 8.82. The Hall–Kier alpha value is -1.17. The van der Waals surface area contributed by atoms with E-state index in [1.165, 1.54) is 0 Å². The predicted octanol–water partition coefficient (Wildman–Crippen LogP) is 2.35. The lowest BCUT2D eigenvalue weighted by molar-refractivity contribution is 0.678. The van der Waals surface area contributed by atoms with Crippen molar-refractivity contribution >= 4 is 22.4 Å². The first kappa shape index (κ1) is 16.9. The van der Waals surface area contributed by atoms with Crippen LogP contribution in [0.2, 0.25) is 0 Å². The predicted molar refractivity (Wildman–Crippen MR) is 86.9 cm³/mol. The van der Waals surface area contributed by atoms with Crippen molar-refractivity contribution in [3.8, 4) is 0 Å². The molecule has 5 nitrogen and oxygen atoms in total. The number of hydrogen-bond donors (Lipinski definition) is 2. The molecule has 1 aromatic rings. The smallest absolute Gasteiger partial charge is 0.134 e. The normalized spacial score (nSPS) is 13.8. The Kier molecular flexibility index (Phi) is 6.91. The molecule has 1 rings (SSSR count). The zero-order valence-electron chi connectivity index (χ0n) is 13.1. The molecule has 0 aliphatic carbocycles. The molecule has 0 spiro atoms. The minimum Gasteiger partial charge on any atom is -0.373 e. The van der Waals surface area contributed by atoms with E-state index in [-0.39, 0.29) is 6.04 Å². The lowest BCUT2D eigenvalue weighted by Crippen LogP contribution is -2.20. The molecule has 0 aromatic carbocycles. The molecule has 20 heavy (non-hydrogen) atoms. The van der Waals surface area contributed by atoms with Crippen LogP contribution in [0.1, 0.15) is 38.1 Å². The van der Waals surface area contributed by atoms with E-state index in [1.807, 2.05) is 14.0 Å². The molecule has 0 fully saturated rings. The molecule has 0 aliphatic rings. The first-order valence-electron chi connectivity index (χ1n) is 7.09. The SMILES string of the molecule is CCCc1nc(NC)c(C)c(NC(C)CCS(C)=O)n1. The van der Waals surface area contributed by atoms with Gasteiger partial charge in [0, 0.05) is 47.9 Å². The van der Waals surface area contributed by atoms with E-state index in [1.54, 1.807) is 6.26 Å². The summed E-state index contributed by atoms with van der Waals surface area (Å²) < 4.78 is 11.2. The van der Waals surface area contributed by atoms with Gasteiger partial charge in [0.05, 0.1) is 0 Å². The van der Waals surface area contributed by atoms with E-state index in [0.717, 1.165) is 42.3 Å². The number of nitrogens with zero attached hydrogens (tertiary/aromatic N) is 2. The van der Waals surface area contributed by atoms with Gasteiger partial charge in [-0.3, -0.25) is 4.21 Å². The molecule has 2 unspecified atom stereocenters. The Morgan fingerprint density at radius 1 is 1.30 bits per heavy atom. The number of rotatable bonds is 8. The van der Waals surface area contributed by atoms with Crippen molar-refractivity contribution in [2.45, 2.75) is 46.1 Å². The van der Waals surface area contributed by atoms with Gasteiger partial charge in [-0.25, -0.2) is 9.97 Å².